The lowest BCUT2D eigenvalue weighted by molar-refractivity contribution is 0.317. The molecule has 0 aromatic carbocycles. The van der Waals surface area contributed by atoms with E-state index in [0.29, 0.717) is 0 Å². The van der Waals surface area contributed by atoms with Crippen LogP contribution in [0.25, 0.3) is 0 Å². The molecule has 1 aromatic rings. The Morgan fingerprint density at radius 1 is 1.41 bits per heavy atom. The Balaban J connectivity index is 2.24. The van der Waals surface area contributed by atoms with Gasteiger partial charge in [0, 0.05) is 6.54 Å². The van der Waals surface area contributed by atoms with Gasteiger partial charge in [-0.15, -0.1) is 0 Å². The second-order valence-corrected chi connectivity index (χ2v) is 4.84. The number of aromatic nitrogens is 1. The Labute approximate surface area is 108 Å². The van der Waals surface area contributed by atoms with E-state index in [1.165, 1.54) is 0 Å². The first-order chi connectivity index (χ1) is 8.36. The molecule has 17 heavy (non-hydrogen) atoms. The van der Waals surface area contributed by atoms with Crippen molar-refractivity contribution in [3.05, 3.63) is 24.0 Å². The van der Waals surface area contributed by atoms with E-state index in [2.05, 4.69) is 23.5 Å². The van der Waals surface area contributed by atoms with Gasteiger partial charge in [0.1, 0.15) is 5.75 Å². The summed E-state index contributed by atoms with van der Waals surface area (Å²) >= 11 is 1.85. The van der Waals surface area contributed by atoms with E-state index >= 15 is 0 Å². The van der Waals surface area contributed by atoms with Crippen LogP contribution in [-0.4, -0.2) is 30.1 Å². The summed E-state index contributed by atoms with van der Waals surface area (Å²) < 4.78 is 5.59. The van der Waals surface area contributed by atoms with Gasteiger partial charge in [-0.3, -0.25) is 4.98 Å². The first-order valence-electron chi connectivity index (χ1n) is 6.14. The van der Waals surface area contributed by atoms with Gasteiger partial charge in [-0.25, -0.2) is 0 Å². The molecular formula is C13H22N2OS. The quantitative estimate of drug-likeness (QED) is 0.687. The molecule has 0 saturated heterocycles. The van der Waals surface area contributed by atoms with Crippen molar-refractivity contribution in [1.29, 1.82) is 0 Å². The highest BCUT2D eigenvalue weighted by molar-refractivity contribution is 7.98. The first kappa shape index (κ1) is 14.3. The van der Waals surface area contributed by atoms with Crippen molar-refractivity contribution in [3.63, 3.8) is 0 Å². The number of thioether (sulfide) groups is 1. The minimum absolute atomic E-state index is 0.774. The molecule has 96 valence electrons. The number of pyridine rings is 1. The highest BCUT2D eigenvalue weighted by atomic mass is 32.2. The molecule has 0 fully saturated rings. The standard InChI is InChI=1S/C13H22N2OS/c1-3-7-14-10-12-5-6-13(11-15-12)16-8-4-9-17-2/h5-6,11,14H,3-4,7-10H2,1-2H3. The van der Waals surface area contributed by atoms with Crippen LogP contribution in [0.2, 0.25) is 0 Å². The van der Waals surface area contributed by atoms with Gasteiger partial charge >= 0.3 is 0 Å². The Hall–Kier alpha value is -0.740. The second kappa shape index (κ2) is 9.31. The van der Waals surface area contributed by atoms with Gasteiger partial charge in [0.2, 0.25) is 0 Å². The molecule has 0 aliphatic carbocycles. The molecule has 0 spiro atoms. The third-order valence-electron chi connectivity index (χ3n) is 2.29. The van der Waals surface area contributed by atoms with Gasteiger partial charge in [-0.2, -0.15) is 11.8 Å². The van der Waals surface area contributed by atoms with Gasteiger partial charge in [-0.05, 0) is 43.5 Å². The maximum atomic E-state index is 5.59. The van der Waals surface area contributed by atoms with Crippen molar-refractivity contribution in [1.82, 2.24) is 10.3 Å². The normalized spacial score (nSPS) is 10.5. The van der Waals surface area contributed by atoms with Crippen LogP contribution in [0, 0.1) is 0 Å². The number of hydrogen-bond donors (Lipinski definition) is 1. The Bertz CT molecular complexity index is 290. The minimum Gasteiger partial charge on any atom is -0.492 e. The fourth-order valence-corrected chi connectivity index (χ4v) is 1.79. The summed E-state index contributed by atoms with van der Waals surface area (Å²) in [4.78, 5) is 4.36. The molecule has 0 unspecified atom stereocenters. The summed E-state index contributed by atoms with van der Waals surface area (Å²) in [7, 11) is 0. The zero-order valence-electron chi connectivity index (χ0n) is 10.7. The predicted octanol–water partition coefficient (Wildman–Crippen LogP) is 2.71. The summed E-state index contributed by atoms with van der Waals surface area (Å²) in [5.41, 5.74) is 1.06. The van der Waals surface area contributed by atoms with Gasteiger partial charge in [0.05, 0.1) is 18.5 Å². The largest absolute Gasteiger partial charge is 0.492 e. The molecule has 1 N–H and O–H groups in total. The molecule has 0 atom stereocenters. The molecule has 3 nitrogen and oxygen atoms in total. The Morgan fingerprint density at radius 3 is 2.94 bits per heavy atom. The van der Waals surface area contributed by atoms with Crippen molar-refractivity contribution in [3.8, 4) is 5.75 Å². The lowest BCUT2D eigenvalue weighted by Crippen LogP contribution is -2.14. The van der Waals surface area contributed by atoms with Crippen molar-refractivity contribution in [2.24, 2.45) is 0 Å². The fraction of sp³-hybridized carbons (Fsp3) is 0.615. The van der Waals surface area contributed by atoms with Crippen LogP contribution < -0.4 is 10.1 Å². The van der Waals surface area contributed by atoms with Crippen LogP contribution in [0.5, 0.6) is 5.75 Å². The molecule has 1 aromatic heterocycles. The van der Waals surface area contributed by atoms with Crippen molar-refractivity contribution < 1.29 is 4.74 Å². The average Bonchev–Trinajstić information content (AvgIpc) is 2.37. The zero-order chi connectivity index (χ0) is 12.3. The predicted molar refractivity (Wildman–Crippen MR) is 74.7 cm³/mol. The molecule has 0 amide bonds. The lowest BCUT2D eigenvalue weighted by Gasteiger charge is -2.06. The lowest BCUT2D eigenvalue weighted by atomic mass is 10.3. The molecule has 1 heterocycles. The summed E-state index contributed by atoms with van der Waals surface area (Å²) in [6, 6.07) is 4.02. The maximum absolute atomic E-state index is 5.59. The van der Waals surface area contributed by atoms with Crippen LogP contribution in [0.1, 0.15) is 25.5 Å². The highest BCUT2D eigenvalue weighted by Crippen LogP contribution is 2.09. The third kappa shape index (κ3) is 6.54. The van der Waals surface area contributed by atoms with E-state index < -0.39 is 0 Å². The van der Waals surface area contributed by atoms with Gasteiger partial charge in [0.15, 0.2) is 0 Å². The van der Waals surface area contributed by atoms with Crippen LogP contribution >= 0.6 is 11.8 Å². The summed E-state index contributed by atoms with van der Waals surface area (Å²) in [5.74, 6) is 2.01. The number of rotatable bonds is 9. The monoisotopic (exact) mass is 254 g/mol. The highest BCUT2D eigenvalue weighted by Gasteiger charge is 1.96. The fourth-order valence-electron chi connectivity index (χ4n) is 1.39. The molecule has 0 aliphatic rings. The van der Waals surface area contributed by atoms with Crippen LogP contribution in [0.4, 0.5) is 0 Å². The smallest absolute Gasteiger partial charge is 0.137 e. The van der Waals surface area contributed by atoms with Gasteiger partial charge in [0.25, 0.3) is 0 Å². The Morgan fingerprint density at radius 2 is 2.29 bits per heavy atom. The summed E-state index contributed by atoms with van der Waals surface area (Å²) in [6.07, 6.45) is 6.15. The first-order valence-corrected chi connectivity index (χ1v) is 7.53. The average molecular weight is 254 g/mol. The number of nitrogens with zero attached hydrogens (tertiary/aromatic N) is 1. The molecule has 1 rings (SSSR count). The van der Waals surface area contributed by atoms with Gasteiger partial charge in [-0.1, -0.05) is 6.92 Å². The van der Waals surface area contributed by atoms with Crippen molar-refractivity contribution >= 4 is 11.8 Å². The second-order valence-electron chi connectivity index (χ2n) is 3.86. The molecule has 0 aliphatic heterocycles. The van der Waals surface area contributed by atoms with Crippen molar-refractivity contribution in [2.75, 3.05) is 25.2 Å². The maximum Gasteiger partial charge on any atom is 0.137 e. The summed E-state index contributed by atoms with van der Waals surface area (Å²) in [6.45, 7) is 4.80. The Kier molecular flexibility index (Phi) is 7.84. The minimum atomic E-state index is 0.774. The molecule has 0 radical (unpaired) electrons. The number of ether oxygens (including phenoxy) is 1. The van der Waals surface area contributed by atoms with E-state index in [-0.39, 0.29) is 0 Å². The molecule has 4 heteroatoms. The molecular weight excluding hydrogens is 232 g/mol. The third-order valence-corrected chi connectivity index (χ3v) is 2.99. The van der Waals surface area contributed by atoms with E-state index in [1.807, 2.05) is 30.1 Å². The molecule has 0 saturated carbocycles. The number of nitrogens with one attached hydrogen (secondary N) is 1. The SMILES string of the molecule is CCCNCc1ccc(OCCCSC)cn1. The van der Waals surface area contributed by atoms with Crippen LogP contribution in [-0.2, 0) is 6.54 Å². The van der Waals surface area contributed by atoms with E-state index in [0.717, 1.165) is 49.7 Å². The topological polar surface area (TPSA) is 34.1 Å². The zero-order valence-corrected chi connectivity index (χ0v) is 11.6. The molecule has 0 bridgehead atoms. The number of hydrogen-bond acceptors (Lipinski definition) is 4. The van der Waals surface area contributed by atoms with Gasteiger partial charge < -0.3 is 10.1 Å². The van der Waals surface area contributed by atoms with Crippen LogP contribution in [0.15, 0.2) is 18.3 Å². The summed E-state index contributed by atoms with van der Waals surface area (Å²) in [5, 5.41) is 3.32. The van der Waals surface area contributed by atoms with Crippen molar-refractivity contribution in [2.45, 2.75) is 26.3 Å². The van der Waals surface area contributed by atoms with Crippen LogP contribution in [0.3, 0.4) is 0 Å². The van der Waals surface area contributed by atoms with E-state index in [1.54, 1.807) is 0 Å². The van der Waals surface area contributed by atoms with E-state index in [4.69, 9.17) is 4.74 Å². The van der Waals surface area contributed by atoms with E-state index in [9.17, 15) is 0 Å².